The lowest BCUT2D eigenvalue weighted by atomic mass is 9.97. The van der Waals surface area contributed by atoms with Crippen molar-refractivity contribution in [1.82, 2.24) is 14.7 Å². The third kappa shape index (κ3) is 3.71. The number of ether oxygens (including phenoxy) is 1. The molecule has 138 valence electrons. The zero-order valence-corrected chi connectivity index (χ0v) is 15.0. The molecule has 26 heavy (non-hydrogen) atoms. The van der Waals surface area contributed by atoms with Crippen molar-refractivity contribution in [2.24, 2.45) is 0 Å². The third-order valence-electron chi connectivity index (χ3n) is 4.96. The number of amides is 1. The van der Waals surface area contributed by atoms with E-state index in [-0.39, 0.29) is 23.4 Å². The Hall–Kier alpha value is -2.83. The Balaban J connectivity index is 1.61. The van der Waals surface area contributed by atoms with Crippen LogP contribution in [0, 0.1) is 0 Å². The SMILES string of the molecule is COc1cccc(C(C)C(=O)N2CCC(n3cc(C(=O)O)cn3)CC2)c1. The zero-order chi connectivity index (χ0) is 18.7. The van der Waals surface area contributed by atoms with E-state index in [2.05, 4.69) is 5.10 Å². The number of hydrogen-bond donors (Lipinski definition) is 1. The lowest BCUT2D eigenvalue weighted by Gasteiger charge is -2.33. The summed E-state index contributed by atoms with van der Waals surface area (Å²) in [5, 5.41) is 13.2. The number of rotatable bonds is 5. The van der Waals surface area contributed by atoms with Crippen molar-refractivity contribution in [3.8, 4) is 5.75 Å². The number of carboxylic acid groups (broad SMARTS) is 1. The number of hydrogen-bond acceptors (Lipinski definition) is 4. The van der Waals surface area contributed by atoms with Crippen molar-refractivity contribution < 1.29 is 19.4 Å². The number of piperidine rings is 1. The number of aromatic nitrogens is 2. The summed E-state index contributed by atoms with van der Waals surface area (Å²) in [6, 6.07) is 7.71. The topological polar surface area (TPSA) is 84.7 Å². The average Bonchev–Trinajstić information content (AvgIpc) is 3.17. The van der Waals surface area contributed by atoms with Crippen molar-refractivity contribution >= 4 is 11.9 Å². The maximum Gasteiger partial charge on any atom is 0.338 e. The highest BCUT2D eigenvalue weighted by atomic mass is 16.5. The van der Waals surface area contributed by atoms with Gasteiger partial charge in [0.2, 0.25) is 5.91 Å². The minimum atomic E-state index is -0.976. The van der Waals surface area contributed by atoms with Gasteiger partial charge in [0.05, 0.1) is 30.8 Å². The molecule has 0 radical (unpaired) electrons. The Kier molecular flexibility index (Phi) is 5.25. The van der Waals surface area contributed by atoms with E-state index in [9.17, 15) is 9.59 Å². The minimum absolute atomic E-state index is 0.100. The Labute approximate surface area is 152 Å². The molecule has 7 heteroatoms. The highest BCUT2D eigenvalue weighted by molar-refractivity contribution is 5.86. The molecule has 0 spiro atoms. The van der Waals surface area contributed by atoms with Crippen LogP contribution in [0.15, 0.2) is 36.7 Å². The molecular formula is C19H23N3O4. The third-order valence-corrected chi connectivity index (χ3v) is 4.96. The maximum absolute atomic E-state index is 12.8. The average molecular weight is 357 g/mol. The first-order valence-electron chi connectivity index (χ1n) is 8.69. The van der Waals surface area contributed by atoms with Gasteiger partial charge in [0.25, 0.3) is 0 Å². The monoisotopic (exact) mass is 357 g/mol. The van der Waals surface area contributed by atoms with Crippen LogP contribution in [0.3, 0.4) is 0 Å². The van der Waals surface area contributed by atoms with E-state index in [1.165, 1.54) is 6.20 Å². The molecule has 1 aliphatic rings. The van der Waals surface area contributed by atoms with E-state index >= 15 is 0 Å². The van der Waals surface area contributed by atoms with Crippen molar-refractivity contribution in [3.63, 3.8) is 0 Å². The molecule has 1 amide bonds. The van der Waals surface area contributed by atoms with Gasteiger partial charge in [-0.2, -0.15) is 5.10 Å². The first kappa shape index (κ1) is 18.0. The van der Waals surface area contributed by atoms with Crippen LogP contribution in [-0.4, -0.2) is 51.9 Å². The highest BCUT2D eigenvalue weighted by Gasteiger charge is 2.28. The van der Waals surface area contributed by atoms with E-state index < -0.39 is 5.97 Å². The maximum atomic E-state index is 12.8. The first-order valence-corrected chi connectivity index (χ1v) is 8.69. The molecule has 2 heterocycles. The summed E-state index contributed by atoms with van der Waals surface area (Å²) < 4.78 is 6.94. The van der Waals surface area contributed by atoms with E-state index in [4.69, 9.17) is 9.84 Å². The molecule has 1 aromatic heterocycles. The molecule has 3 rings (SSSR count). The number of benzene rings is 1. The normalized spacial score (nSPS) is 16.3. The van der Waals surface area contributed by atoms with Crippen LogP contribution in [0.1, 0.15) is 47.6 Å². The number of carbonyl (C=O) groups is 2. The van der Waals surface area contributed by atoms with Gasteiger partial charge >= 0.3 is 5.97 Å². The fraction of sp³-hybridized carbons (Fsp3) is 0.421. The Morgan fingerprint density at radius 2 is 2.04 bits per heavy atom. The van der Waals surface area contributed by atoms with Gasteiger partial charge in [0, 0.05) is 19.3 Å². The number of aromatic carboxylic acids is 1. The fourth-order valence-electron chi connectivity index (χ4n) is 3.33. The van der Waals surface area contributed by atoms with E-state index in [0.29, 0.717) is 13.1 Å². The van der Waals surface area contributed by atoms with Gasteiger partial charge < -0.3 is 14.7 Å². The summed E-state index contributed by atoms with van der Waals surface area (Å²) in [4.78, 5) is 25.7. The van der Waals surface area contributed by atoms with Gasteiger partial charge in [-0.15, -0.1) is 0 Å². The van der Waals surface area contributed by atoms with Crippen LogP contribution in [0.25, 0.3) is 0 Å². The number of methoxy groups -OCH3 is 1. The van der Waals surface area contributed by atoms with Crippen molar-refractivity contribution in [1.29, 1.82) is 0 Å². The molecule has 1 saturated heterocycles. The van der Waals surface area contributed by atoms with Crippen LogP contribution >= 0.6 is 0 Å². The predicted molar refractivity (Wildman–Crippen MR) is 95.4 cm³/mol. The summed E-state index contributed by atoms with van der Waals surface area (Å²) in [5.74, 6) is -0.363. The number of carbonyl (C=O) groups excluding carboxylic acids is 1. The summed E-state index contributed by atoms with van der Waals surface area (Å²) in [7, 11) is 1.61. The predicted octanol–water partition coefficient (Wildman–Crippen LogP) is 2.56. The molecule has 1 fully saturated rings. The van der Waals surface area contributed by atoms with Crippen molar-refractivity contribution in [2.75, 3.05) is 20.2 Å². The molecule has 1 N–H and O–H groups in total. The summed E-state index contributed by atoms with van der Waals surface area (Å²) >= 11 is 0. The van der Waals surface area contributed by atoms with Gasteiger partial charge in [-0.05, 0) is 37.5 Å². The molecule has 2 aromatic rings. The van der Waals surface area contributed by atoms with Gasteiger partial charge in [-0.3, -0.25) is 9.48 Å². The highest BCUT2D eigenvalue weighted by Crippen LogP contribution is 2.27. The number of likely N-dealkylation sites (tertiary alicyclic amines) is 1. The summed E-state index contributed by atoms with van der Waals surface area (Å²) in [5.41, 5.74) is 1.13. The first-order chi connectivity index (χ1) is 12.5. The van der Waals surface area contributed by atoms with Gasteiger partial charge in [-0.25, -0.2) is 4.79 Å². The van der Waals surface area contributed by atoms with E-state index in [0.717, 1.165) is 24.2 Å². The van der Waals surface area contributed by atoms with Gasteiger partial charge in [0.1, 0.15) is 5.75 Å². The van der Waals surface area contributed by atoms with Crippen molar-refractivity contribution in [3.05, 3.63) is 47.8 Å². The van der Waals surface area contributed by atoms with E-state index in [1.54, 1.807) is 18.0 Å². The quantitative estimate of drug-likeness (QED) is 0.889. The second kappa shape index (κ2) is 7.59. The Morgan fingerprint density at radius 3 is 2.65 bits per heavy atom. The summed E-state index contributed by atoms with van der Waals surface area (Å²) in [6.07, 6.45) is 4.45. The lowest BCUT2D eigenvalue weighted by Crippen LogP contribution is -2.41. The molecular weight excluding hydrogens is 334 g/mol. The number of carboxylic acids is 1. The lowest BCUT2D eigenvalue weighted by molar-refractivity contribution is -0.133. The molecule has 1 aromatic carbocycles. The second-order valence-electron chi connectivity index (χ2n) is 6.57. The Morgan fingerprint density at radius 1 is 1.31 bits per heavy atom. The molecule has 0 bridgehead atoms. The number of nitrogens with zero attached hydrogens (tertiary/aromatic N) is 3. The van der Waals surface area contributed by atoms with Crippen LogP contribution in [0.5, 0.6) is 5.75 Å². The molecule has 1 aliphatic heterocycles. The molecule has 1 unspecified atom stereocenters. The van der Waals surface area contributed by atoms with Crippen LogP contribution < -0.4 is 4.74 Å². The summed E-state index contributed by atoms with van der Waals surface area (Å²) in [6.45, 7) is 3.19. The van der Waals surface area contributed by atoms with Crippen LogP contribution in [0.2, 0.25) is 0 Å². The van der Waals surface area contributed by atoms with Gasteiger partial charge in [0.15, 0.2) is 0 Å². The smallest absolute Gasteiger partial charge is 0.338 e. The van der Waals surface area contributed by atoms with Gasteiger partial charge in [-0.1, -0.05) is 12.1 Å². The fourth-order valence-corrected chi connectivity index (χ4v) is 3.33. The molecule has 0 aliphatic carbocycles. The van der Waals surface area contributed by atoms with Crippen molar-refractivity contribution in [2.45, 2.75) is 31.7 Å². The molecule has 1 atom stereocenters. The van der Waals surface area contributed by atoms with Crippen LogP contribution in [0.4, 0.5) is 0 Å². The van der Waals surface area contributed by atoms with E-state index in [1.807, 2.05) is 36.1 Å². The minimum Gasteiger partial charge on any atom is -0.497 e. The standard InChI is InChI=1S/C19H23N3O4/c1-13(14-4-3-5-17(10-14)26-2)18(23)21-8-6-16(7-9-21)22-12-15(11-20-22)19(24)25/h3-5,10-13,16H,6-9H2,1-2H3,(H,24,25). The van der Waals surface area contributed by atoms with Crippen LogP contribution in [-0.2, 0) is 4.79 Å². The second-order valence-corrected chi connectivity index (χ2v) is 6.57. The zero-order valence-electron chi connectivity index (χ0n) is 15.0. The largest absolute Gasteiger partial charge is 0.497 e. The molecule has 0 saturated carbocycles. The Bertz CT molecular complexity index is 794. The molecule has 7 nitrogen and oxygen atoms in total.